The minimum atomic E-state index is 0.176. The summed E-state index contributed by atoms with van der Waals surface area (Å²) in [5.74, 6) is 2.33. The van der Waals surface area contributed by atoms with Crippen molar-refractivity contribution in [1.82, 2.24) is 0 Å². The van der Waals surface area contributed by atoms with Crippen molar-refractivity contribution in [3.8, 4) is 5.75 Å². The minimum Gasteiger partial charge on any atom is -0.497 e. The average molecular weight is 271 g/mol. The number of hydrogen-bond donors (Lipinski definition) is 1. The fourth-order valence-electron chi connectivity index (χ4n) is 3.36. The Hall–Kier alpha value is -1.77. The van der Waals surface area contributed by atoms with Gasteiger partial charge in [0.05, 0.1) is 7.11 Å². The second-order valence-electron chi connectivity index (χ2n) is 5.70. The second kappa shape index (κ2) is 5.70. The first-order chi connectivity index (χ1) is 9.79. The monoisotopic (exact) mass is 271 g/mol. The number of allylic oxidation sites excluding steroid dienone is 2. The smallest absolute Gasteiger partial charge is 0.228 e. The molecule has 0 saturated heterocycles. The van der Waals surface area contributed by atoms with E-state index in [9.17, 15) is 4.79 Å². The molecule has 0 spiro atoms. The molecular formula is C17H21NO2. The maximum Gasteiger partial charge on any atom is 0.228 e. The van der Waals surface area contributed by atoms with E-state index in [2.05, 4.69) is 17.5 Å². The standard InChI is InChI=1S/C17H21NO2/c1-20-13-8-6-7-12(11-13)18-17(19)16-14-9-4-2-3-5-10-15(14)16/h2-3,6-8,11,14-16H,4-5,9-10H2,1H3,(H,18,19)/b3-2-. The van der Waals surface area contributed by atoms with Gasteiger partial charge in [-0.25, -0.2) is 0 Å². The molecule has 1 aromatic carbocycles. The highest BCUT2D eigenvalue weighted by molar-refractivity contribution is 5.95. The van der Waals surface area contributed by atoms with Gasteiger partial charge in [0.1, 0.15) is 5.75 Å². The van der Waals surface area contributed by atoms with E-state index in [0.717, 1.165) is 37.1 Å². The van der Waals surface area contributed by atoms with Gasteiger partial charge in [0.2, 0.25) is 5.91 Å². The molecule has 1 saturated carbocycles. The van der Waals surface area contributed by atoms with Gasteiger partial charge in [-0.15, -0.1) is 0 Å². The molecule has 2 atom stereocenters. The van der Waals surface area contributed by atoms with E-state index in [1.807, 2.05) is 24.3 Å². The van der Waals surface area contributed by atoms with Crippen LogP contribution in [0.5, 0.6) is 5.75 Å². The van der Waals surface area contributed by atoms with Crippen LogP contribution < -0.4 is 10.1 Å². The molecule has 3 heteroatoms. The second-order valence-corrected chi connectivity index (χ2v) is 5.70. The van der Waals surface area contributed by atoms with Gasteiger partial charge in [0.25, 0.3) is 0 Å². The Balaban J connectivity index is 1.62. The Morgan fingerprint density at radius 3 is 2.55 bits per heavy atom. The SMILES string of the molecule is COc1cccc(NC(=O)C2C3CC/C=C\CCC32)c1. The third-order valence-electron chi connectivity index (χ3n) is 4.47. The number of methoxy groups -OCH3 is 1. The predicted octanol–water partition coefficient (Wildman–Crippen LogP) is 3.63. The van der Waals surface area contributed by atoms with Gasteiger partial charge in [-0.1, -0.05) is 18.2 Å². The number of benzene rings is 1. The third kappa shape index (κ3) is 2.72. The molecule has 1 amide bonds. The van der Waals surface area contributed by atoms with Gasteiger partial charge in [0, 0.05) is 17.7 Å². The van der Waals surface area contributed by atoms with E-state index in [-0.39, 0.29) is 11.8 Å². The van der Waals surface area contributed by atoms with Crippen molar-refractivity contribution in [2.75, 3.05) is 12.4 Å². The van der Waals surface area contributed by atoms with Gasteiger partial charge >= 0.3 is 0 Å². The van der Waals surface area contributed by atoms with Gasteiger partial charge < -0.3 is 10.1 Å². The molecule has 0 aromatic heterocycles. The summed E-state index contributed by atoms with van der Waals surface area (Å²) in [6.45, 7) is 0. The minimum absolute atomic E-state index is 0.176. The van der Waals surface area contributed by atoms with Crippen LogP contribution in [0.15, 0.2) is 36.4 Å². The molecule has 0 aliphatic heterocycles. The lowest BCUT2D eigenvalue weighted by Gasteiger charge is -2.06. The Labute approximate surface area is 120 Å². The zero-order valence-corrected chi connectivity index (χ0v) is 11.8. The van der Waals surface area contributed by atoms with Crippen molar-refractivity contribution in [2.24, 2.45) is 17.8 Å². The zero-order chi connectivity index (χ0) is 13.9. The first-order valence-corrected chi connectivity index (χ1v) is 7.39. The van der Waals surface area contributed by atoms with Crippen molar-refractivity contribution in [1.29, 1.82) is 0 Å². The maximum atomic E-state index is 12.4. The van der Waals surface area contributed by atoms with Crippen LogP contribution in [0.25, 0.3) is 0 Å². The molecule has 3 rings (SSSR count). The number of nitrogens with one attached hydrogen (secondary N) is 1. The molecule has 1 N–H and O–H groups in total. The van der Waals surface area contributed by atoms with Crippen LogP contribution in [-0.4, -0.2) is 13.0 Å². The number of ether oxygens (including phenoxy) is 1. The molecule has 1 fully saturated rings. The average Bonchev–Trinajstić information content (AvgIpc) is 3.10. The first-order valence-electron chi connectivity index (χ1n) is 7.39. The van der Waals surface area contributed by atoms with Crippen LogP contribution in [-0.2, 0) is 4.79 Å². The number of carbonyl (C=O) groups is 1. The number of rotatable bonds is 3. The Kier molecular flexibility index (Phi) is 3.77. The highest BCUT2D eigenvalue weighted by Gasteiger charge is 2.53. The number of carbonyl (C=O) groups excluding carboxylic acids is 1. The topological polar surface area (TPSA) is 38.3 Å². The summed E-state index contributed by atoms with van der Waals surface area (Å²) in [4.78, 5) is 12.4. The molecular weight excluding hydrogens is 250 g/mol. The summed E-state index contributed by atoms with van der Waals surface area (Å²) >= 11 is 0. The molecule has 0 heterocycles. The lowest BCUT2D eigenvalue weighted by molar-refractivity contribution is -0.117. The molecule has 0 bridgehead atoms. The van der Waals surface area contributed by atoms with Crippen LogP contribution in [0.2, 0.25) is 0 Å². The zero-order valence-electron chi connectivity index (χ0n) is 11.8. The highest BCUT2D eigenvalue weighted by Crippen LogP contribution is 2.53. The molecule has 20 heavy (non-hydrogen) atoms. The molecule has 2 aliphatic carbocycles. The van der Waals surface area contributed by atoms with Crippen LogP contribution in [0.3, 0.4) is 0 Å². The summed E-state index contributed by atoms with van der Waals surface area (Å²) in [7, 11) is 1.64. The normalized spacial score (nSPS) is 29.6. The highest BCUT2D eigenvalue weighted by atomic mass is 16.5. The summed E-state index contributed by atoms with van der Waals surface area (Å²) in [6, 6.07) is 7.55. The van der Waals surface area contributed by atoms with Gasteiger partial charge in [-0.3, -0.25) is 4.79 Å². The van der Waals surface area contributed by atoms with Crippen LogP contribution in [0.1, 0.15) is 25.7 Å². The number of fused-ring (bicyclic) bond motifs is 1. The van der Waals surface area contributed by atoms with Crippen molar-refractivity contribution in [3.05, 3.63) is 36.4 Å². The maximum absolute atomic E-state index is 12.4. The Morgan fingerprint density at radius 1 is 1.20 bits per heavy atom. The third-order valence-corrected chi connectivity index (χ3v) is 4.47. The van der Waals surface area contributed by atoms with E-state index >= 15 is 0 Å². The van der Waals surface area contributed by atoms with Crippen molar-refractivity contribution >= 4 is 11.6 Å². The van der Waals surface area contributed by atoms with E-state index in [4.69, 9.17) is 4.74 Å². The van der Waals surface area contributed by atoms with E-state index in [0.29, 0.717) is 11.8 Å². The first kappa shape index (κ1) is 13.2. The number of amides is 1. The molecule has 3 nitrogen and oxygen atoms in total. The summed E-state index contributed by atoms with van der Waals surface area (Å²) < 4.78 is 5.18. The van der Waals surface area contributed by atoms with Gasteiger partial charge in [-0.2, -0.15) is 0 Å². The Bertz CT molecular complexity index is 507. The summed E-state index contributed by atoms with van der Waals surface area (Å²) in [5.41, 5.74) is 0.826. The van der Waals surface area contributed by atoms with Crippen molar-refractivity contribution < 1.29 is 9.53 Å². The Morgan fingerprint density at radius 2 is 1.90 bits per heavy atom. The van der Waals surface area contributed by atoms with E-state index in [1.54, 1.807) is 7.11 Å². The van der Waals surface area contributed by atoms with E-state index < -0.39 is 0 Å². The molecule has 106 valence electrons. The fourth-order valence-corrected chi connectivity index (χ4v) is 3.36. The summed E-state index contributed by atoms with van der Waals surface area (Å²) in [5, 5.41) is 3.04. The van der Waals surface area contributed by atoms with Crippen LogP contribution in [0.4, 0.5) is 5.69 Å². The lowest BCUT2D eigenvalue weighted by atomic mass is 10.1. The largest absolute Gasteiger partial charge is 0.497 e. The predicted molar refractivity (Wildman–Crippen MR) is 79.7 cm³/mol. The number of anilines is 1. The molecule has 1 aromatic rings. The van der Waals surface area contributed by atoms with Crippen molar-refractivity contribution in [2.45, 2.75) is 25.7 Å². The van der Waals surface area contributed by atoms with Crippen LogP contribution in [0, 0.1) is 17.8 Å². The number of hydrogen-bond acceptors (Lipinski definition) is 2. The molecule has 0 radical (unpaired) electrons. The lowest BCUT2D eigenvalue weighted by Crippen LogP contribution is -2.15. The fraction of sp³-hybridized carbons (Fsp3) is 0.471. The van der Waals surface area contributed by atoms with Crippen LogP contribution >= 0.6 is 0 Å². The van der Waals surface area contributed by atoms with Crippen molar-refractivity contribution in [3.63, 3.8) is 0 Å². The van der Waals surface area contributed by atoms with E-state index in [1.165, 1.54) is 0 Å². The molecule has 2 aliphatic rings. The van der Waals surface area contributed by atoms with Gasteiger partial charge in [0.15, 0.2) is 0 Å². The molecule has 2 unspecified atom stereocenters. The quantitative estimate of drug-likeness (QED) is 0.853. The van der Waals surface area contributed by atoms with Gasteiger partial charge in [-0.05, 0) is 49.7 Å². The summed E-state index contributed by atoms with van der Waals surface area (Å²) in [6.07, 6.45) is 9.04.